The molecule has 0 aliphatic heterocycles. The highest BCUT2D eigenvalue weighted by atomic mass is 79.9. The van der Waals surface area contributed by atoms with Crippen molar-refractivity contribution in [2.24, 2.45) is 0 Å². The van der Waals surface area contributed by atoms with Crippen LogP contribution in [0.15, 0.2) is 39.7 Å². The van der Waals surface area contributed by atoms with E-state index in [0.717, 1.165) is 0 Å². The molecule has 3 rings (SSSR count). The lowest BCUT2D eigenvalue weighted by Gasteiger charge is -2.22. The number of nitrogens with zero attached hydrogens (tertiary/aromatic N) is 3. The quantitative estimate of drug-likeness (QED) is 0.415. The number of rotatable bonds is 7. The Balaban J connectivity index is 2.26. The van der Waals surface area contributed by atoms with E-state index >= 15 is 0 Å². The molecule has 2 heterocycles. The van der Waals surface area contributed by atoms with E-state index in [1.807, 2.05) is 11.5 Å². The first-order chi connectivity index (χ1) is 15.7. The Hall–Kier alpha value is -2.62. The van der Waals surface area contributed by atoms with Crippen LogP contribution in [-0.2, 0) is 22.6 Å². The van der Waals surface area contributed by atoms with Gasteiger partial charge in [0.05, 0.1) is 39.1 Å². The highest BCUT2D eigenvalue weighted by molar-refractivity contribution is 9.10. The third-order valence-electron chi connectivity index (χ3n) is 4.76. The number of pyridine rings is 1. The Labute approximate surface area is 208 Å². The van der Waals surface area contributed by atoms with Gasteiger partial charge in [-0.05, 0) is 41.9 Å². The second kappa shape index (κ2) is 10.5. The fourth-order valence-corrected chi connectivity index (χ4v) is 4.26. The molecule has 0 fully saturated rings. The summed E-state index contributed by atoms with van der Waals surface area (Å²) in [6.07, 6.45) is 1.68. The summed E-state index contributed by atoms with van der Waals surface area (Å²) in [5, 5.41) is 7.58. The van der Waals surface area contributed by atoms with Crippen LogP contribution < -0.4 is 10.7 Å². The van der Waals surface area contributed by atoms with E-state index in [1.165, 1.54) is 6.92 Å². The highest BCUT2D eigenvalue weighted by Crippen LogP contribution is 2.32. The number of hydrogen-bond donors (Lipinski definition) is 1. The van der Waals surface area contributed by atoms with E-state index < -0.39 is 11.4 Å². The van der Waals surface area contributed by atoms with Crippen LogP contribution in [0.4, 0.5) is 5.82 Å². The first kappa shape index (κ1) is 25.0. The number of nitrogens with one attached hydrogen (secondary N) is 1. The molecule has 0 saturated carbocycles. The number of amides is 1. The summed E-state index contributed by atoms with van der Waals surface area (Å²) in [6, 6.07) is 6.55. The lowest BCUT2D eigenvalue weighted by molar-refractivity contribution is -0.114. The first-order valence-electron chi connectivity index (χ1n) is 10.1. The topological polar surface area (TPSA) is 95.2 Å². The molecule has 1 amide bonds. The maximum atomic E-state index is 13.4. The van der Waals surface area contributed by atoms with Crippen LogP contribution in [0.25, 0.3) is 11.3 Å². The Kier molecular flexibility index (Phi) is 7.99. The number of aromatic nitrogens is 3. The van der Waals surface area contributed by atoms with Gasteiger partial charge >= 0.3 is 5.97 Å². The van der Waals surface area contributed by atoms with Crippen LogP contribution in [-0.4, -0.2) is 32.8 Å². The summed E-state index contributed by atoms with van der Waals surface area (Å²) in [7, 11) is 0. The normalized spacial score (nSPS) is 10.8. The number of esters is 1. The number of carbonyl (C=O) groups is 2. The summed E-state index contributed by atoms with van der Waals surface area (Å²) in [5.74, 6) is -0.588. The molecule has 8 nitrogen and oxygen atoms in total. The molecule has 0 aliphatic rings. The predicted molar refractivity (Wildman–Crippen MR) is 131 cm³/mol. The third kappa shape index (κ3) is 5.31. The van der Waals surface area contributed by atoms with Gasteiger partial charge in [0, 0.05) is 31.3 Å². The van der Waals surface area contributed by atoms with Gasteiger partial charge in [-0.1, -0.05) is 29.3 Å². The highest BCUT2D eigenvalue weighted by Gasteiger charge is 2.27. The van der Waals surface area contributed by atoms with Crippen molar-refractivity contribution in [2.75, 3.05) is 11.9 Å². The minimum Gasteiger partial charge on any atom is -0.462 e. The van der Waals surface area contributed by atoms with Crippen LogP contribution in [0.5, 0.6) is 0 Å². The van der Waals surface area contributed by atoms with Gasteiger partial charge in [-0.25, -0.2) is 4.79 Å². The van der Waals surface area contributed by atoms with Crippen molar-refractivity contribution >= 4 is 56.8 Å². The number of ether oxygens (including phenoxy) is 1. The second-order valence-corrected chi connectivity index (χ2v) is 8.59. The molecule has 3 aromatic rings. The van der Waals surface area contributed by atoms with Gasteiger partial charge in [0.1, 0.15) is 5.56 Å². The van der Waals surface area contributed by atoms with E-state index in [4.69, 9.17) is 27.9 Å². The number of benzene rings is 1. The Morgan fingerprint density at radius 3 is 2.52 bits per heavy atom. The van der Waals surface area contributed by atoms with E-state index in [-0.39, 0.29) is 34.1 Å². The van der Waals surface area contributed by atoms with Gasteiger partial charge in [0.25, 0.3) is 0 Å². The van der Waals surface area contributed by atoms with Crippen molar-refractivity contribution in [3.05, 3.63) is 66.5 Å². The van der Waals surface area contributed by atoms with Gasteiger partial charge in [-0.2, -0.15) is 5.10 Å². The zero-order chi connectivity index (χ0) is 24.3. The molecule has 0 spiro atoms. The summed E-state index contributed by atoms with van der Waals surface area (Å²) in [6.45, 7) is 5.69. The second-order valence-electron chi connectivity index (χ2n) is 6.99. The maximum Gasteiger partial charge on any atom is 0.344 e. The van der Waals surface area contributed by atoms with Crippen molar-refractivity contribution in [3.63, 3.8) is 0 Å². The zero-order valence-corrected chi connectivity index (χ0v) is 21.2. The molecule has 0 atom stereocenters. The maximum absolute atomic E-state index is 13.4. The van der Waals surface area contributed by atoms with Gasteiger partial charge in [0.15, 0.2) is 5.82 Å². The minimum atomic E-state index is -0.731. The van der Waals surface area contributed by atoms with Gasteiger partial charge in [-0.3, -0.25) is 14.3 Å². The molecule has 0 radical (unpaired) electrons. The lowest BCUT2D eigenvalue weighted by Crippen LogP contribution is -2.27. The largest absolute Gasteiger partial charge is 0.462 e. The van der Waals surface area contributed by atoms with Crippen LogP contribution in [0.3, 0.4) is 0 Å². The molecule has 2 aromatic heterocycles. The van der Waals surface area contributed by atoms with Crippen molar-refractivity contribution in [2.45, 2.75) is 33.9 Å². The standard InChI is InChI=1S/C22H21BrCl2N4O4/c1-4-29-16(11-28-9-8-17(27-28)26-12(3)30)19(23)21(31)18(22(32)33-5-2)20(29)13-6-7-14(24)15(25)10-13/h6-10H,4-5,11H2,1-3H3,(H,26,27,30). The summed E-state index contributed by atoms with van der Waals surface area (Å²) < 4.78 is 8.82. The summed E-state index contributed by atoms with van der Waals surface area (Å²) >= 11 is 15.7. The minimum absolute atomic E-state index is 0.105. The summed E-state index contributed by atoms with van der Waals surface area (Å²) in [5.41, 5.74) is 0.871. The van der Waals surface area contributed by atoms with Crippen molar-refractivity contribution < 1.29 is 14.3 Å². The van der Waals surface area contributed by atoms with Crippen LogP contribution >= 0.6 is 39.1 Å². The van der Waals surface area contributed by atoms with Crippen molar-refractivity contribution in [3.8, 4) is 11.3 Å². The third-order valence-corrected chi connectivity index (χ3v) is 6.31. The average Bonchev–Trinajstić information content (AvgIpc) is 3.19. The summed E-state index contributed by atoms with van der Waals surface area (Å²) in [4.78, 5) is 37.5. The van der Waals surface area contributed by atoms with E-state index in [9.17, 15) is 14.4 Å². The average molecular weight is 556 g/mol. The lowest BCUT2D eigenvalue weighted by atomic mass is 10.0. The molecule has 0 bridgehead atoms. The SMILES string of the molecule is CCOC(=O)c1c(-c2ccc(Cl)c(Cl)c2)n(CC)c(Cn2ccc(NC(C)=O)n2)c(Br)c1=O. The number of hydrogen-bond acceptors (Lipinski definition) is 5. The molecule has 174 valence electrons. The van der Waals surface area contributed by atoms with Gasteiger partial charge in [0.2, 0.25) is 11.3 Å². The molecule has 11 heteroatoms. The number of halogens is 3. The Bertz CT molecular complexity index is 1290. The smallest absolute Gasteiger partial charge is 0.344 e. The zero-order valence-electron chi connectivity index (χ0n) is 18.1. The van der Waals surface area contributed by atoms with E-state index in [0.29, 0.717) is 34.3 Å². The Morgan fingerprint density at radius 1 is 1.18 bits per heavy atom. The van der Waals surface area contributed by atoms with Crippen molar-refractivity contribution in [1.82, 2.24) is 14.3 Å². The monoisotopic (exact) mass is 554 g/mol. The van der Waals surface area contributed by atoms with Crippen LogP contribution in [0.2, 0.25) is 10.0 Å². The molecular formula is C22H21BrCl2N4O4. The molecular weight excluding hydrogens is 535 g/mol. The molecule has 0 aliphatic carbocycles. The first-order valence-corrected chi connectivity index (χ1v) is 11.6. The van der Waals surface area contributed by atoms with Crippen molar-refractivity contribution in [1.29, 1.82) is 0 Å². The molecule has 1 aromatic carbocycles. The molecule has 0 saturated heterocycles. The van der Waals surface area contributed by atoms with Gasteiger partial charge < -0.3 is 14.6 Å². The number of carbonyl (C=O) groups excluding carboxylic acids is 2. The molecule has 33 heavy (non-hydrogen) atoms. The Morgan fingerprint density at radius 2 is 1.91 bits per heavy atom. The fourth-order valence-electron chi connectivity index (χ4n) is 3.43. The number of anilines is 1. The van der Waals surface area contributed by atoms with Crippen LogP contribution in [0.1, 0.15) is 36.8 Å². The van der Waals surface area contributed by atoms with Crippen LogP contribution in [0, 0.1) is 0 Å². The van der Waals surface area contributed by atoms with Gasteiger partial charge in [-0.15, -0.1) is 0 Å². The van der Waals surface area contributed by atoms with E-state index in [2.05, 4.69) is 26.3 Å². The molecule has 1 N–H and O–H groups in total. The molecule has 0 unspecified atom stereocenters. The fraction of sp³-hybridized carbons (Fsp3) is 0.273. The predicted octanol–water partition coefficient (Wildman–Crippen LogP) is 4.98. The van der Waals surface area contributed by atoms with E-state index in [1.54, 1.807) is 42.1 Å².